The molecular formula is C27H26ClF2N5O2S. The van der Waals surface area contributed by atoms with Gasteiger partial charge in [0.05, 0.1) is 16.6 Å². The second-order valence-electron chi connectivity index (χ2n) is 9.79. The maximum atomic E-state index is 14.9. The molecular weight excluding hydrogens is 532 g/mol. The highest BCUT2D eigenvalue weighted by Crippen LogP contribution is 2.46. The Bertz CT molecular complexity index is 1530. The topological polar surface area (TPSA) is 61.7 Å². The molecule has 3 aromatic rings. The monoisotopic (exact) mass is 557 g/mol. The maximum Gasteiger partial charge on any atom is 0.350 e. The van der Waals surface area contributed by atoms with E-state index in [-0.39, 0.29) is 23.2 Å². The van der Waals surface area contributed by atoms with E-state index >= 15 is 0 Å². The summed E-state index contributed by atoms with van der Waals surface area (Å²) in [7, 11) is 0. The van der Waals surface area contributed by atoms with Gasteiger partial charge in [-0.1, -0.05) is 18.2 Å². The number of amides is 1. The number of halogens is 3. The van der Waals surface area contributed by atoms with Gasteiger partial charge in [0.2, 0.25) is 5.91 Å². The molecule has 6 rings (SSSR count). The zero-order valence-corrected chi connectivity index (χ0v) is 22.2. The van der Waals surface area contributed by atoms with E-state index in [0.717, 1.165) is 32.1 Å². The van der Waals surface area contributed by atoms with Crippen molar-refractivity contribution in [3.8, 4) is 11.1 Å². The van der Waals surface area contributed by atoms with Gasteiger partial charge in [-0.25, -0.2) is 13.6 Å². The van der Waals surface area contributed by atoms with Crippen molar-refractivity contribution >= 4 is 46.0 Å². The average Bonchev–Trinajstić information content (AvgIpc) is 2.88. The summed E-state index contributed by atoms with van der Waals surface area (Å²) in [6.45, 7) is 8.28. The molecule has 0 bridgehead atoms. The molecule has 198 valence electrons. The van der Waals surface area contributed by atoms with E-state index < -0.39 is 11.6 Å². The van der Waals surface area contributed by atoms with Gasteiger partial charge in [0.25, 0.3) is 0 Å². The quantitative estimate of drug-likeness (QED) is 0.442. The van der Waals surface area contributed by atoms with Crippen molar-refractivity contribution in [2.75, 3.05) is 49.9 Å². The van der Waals surface area contributed by atoms with Crippen LogP contribution in [0.3, 0.4) is 0 Å². The van der Waals surface area contributed by atoms with Crippen LogP contribution in [-0.2, 0) is 11.3 Å². The second kappa shape index (κ2) is 9.98. The Balaban J connectivity index is 1.52. The first-order chi connectivity index (χ1) is 18.4. The molecule has 0 spiro atoms. The second-order valence-corrected chi connectivity index (χ2v) is 11.3. The summed E-state index contributed by atoms with van der Waals surface area (Å²) in [4.78, 5) is 37.2. The molecule has 1 atom stereocenters. The van der Waals surface area contributed by atoms with Crippen molar-refractivity contribution in [2.24, 2.45) is 0 Å². The Hall–Kier alpha value is -2.95. The minimum absolute atomic E-state index is 0.0778. The molecule has 11 heteroatoms. The van der Waals surface area contributed by atoms with Gasteiger partial charge in [-0.05, 0) is 43.8 Å². The number of thioether (sulfide) groups is 1. The molecule has 2 fully saturated rings. The normalized spacial score (nSPS) is 19.5. The number of likely N-dealkylation sites (tertiary alicyclic amines) is 1. The van der Waals surface area contributed by atoms with E-state index in [0.29, 0.717) is 64.1 Å². The number of hydrogen-bond acceptors (Lipinski definition) is 6. The van der Waals surface area contributed by atoms with Crippen LogP contribution in [0.15, 0.2) is 46.6 Å². The number of hydrogen-bond donors (Lipinski definition) is 0. The number of benzene rings is 2. The summed E-state index contributed by atoms with van der Waals surface area (Å²) in [5, 5.41) is 1.01. The molecule has 3 aliphatic heterocycles. The zero-order valence-electron chi connectivity index (χ0n) is 20.6. The number of nitrogens with zero attached hydrogens (tertiary/aromatic N) is 5. The first kappa shape index (κ1) is 25.3. The van der Waals surface area contributed by atoms with Crippen molar-refractivity contribution in [3.63, 3.8) is 0 Å². The first-order valence-electron chi connectivity index (χ1n) is 12.6. The zero-order chi connectivity index (χ0) is 26.6. The summed E-state index contributed by atoms with van der Waals surface area (Å²) in [6.07, 6.45) is 2.47. The van der Waals surface area contributed by atoms with Gasteiger partial charge in [-0.3, -0.25) is 9.36 Å². The summed E-state index contributed by atoms with van der Waals surface area (Å²) >= 11 is 8.32. The van der Waals surface area contributed by atoms with Crippen LogP contribution in [0.2, 0.25) is 5.02 Å². The third-order valence-electron chi connectivity index (χ3n) is 7.57. The lowest BCUT2D eigenvalue weighted by Gasteiger charge is -2.45. The Morgan fingerprint density at radius 1 is 1.18 bits per heavy atom. The van der Waals surface area contributed by atoms with Crippen molar-refractivity contribution < 1.29 is 13.6 Å². The van der Waals surface area contributed by atoms with E-state index in [4.69, 9.17) is 11.6 Å². The van der Waals surface area contributed by atoms with Crippen LogP contribution in [0, 0.1) is 11.6 Å². The molecule has 0 N–H and O–H groups in total. The van der Waals surface area contributed by atoms with E-state index in [1.54, 1.807) is 15.5 Å². The molecule has 2 saturated heterocycles. The molecule has 4 heterocycles. The van der Waals surface area contributed by atoms with Gasteiger partial charge in [0.1, 0.15) is 17.5 Å². The minimum Gasteiger partial charge on any atom is -0.348 e. The fourth-order valence-electron chi connectivity index (χ4n) is 5.59. The molecule has 0 radical (unpaired) electrons. The van der Waals surface area contributed by atoms with Crippen molar-refractivity contribution in [1.29, 1.82) is 0 Å². The van der Waals surface area contributed by atoms with Crippen LogP contribution in [0.5, 0.6) is 0 Å². The molecule has 3 aliphatic rings. The Labute approximate surface area is 227 Å². The number of aryl methyl sites for hydroxylation is 1. The molecule has 0 saturated carbocycles. The maximum absolute atomic E-state index is 14.9. The molecule has 1 aromatic heterocycles. The Morgan fingerprint density at radius 2 is 2.00 bits per heavy atom. The molecule has 38 heavy (non-hydrogen) atoms. The lowest BCUT2D eigenvalue weighted by Crippen LogP contribution is -2.60. The lowest BCUT2D eigenvalue weighted by molar-refractivity contribution is -0.126. The number of rotatable bonds is 5. The third-order valence-corrected chi connectivity index (χ3v) is 8.94. The van der Waals surface area contributed by atoms with E-state index in [9.17, 15) is 18.4 Å². The van der Waals surface area contributed by atoms with Crippen molar-refractivity contribution in [3.05, 3.63) is 64.1 Å². The largest absolute Gasteiger partial charge is 0.350 e. The Morgan fingerprint density at radius 3 is 2.71 bits per heavy atom. The highest BCUT2D eigenvalue weighted by molar-refractivity contribution is 7.99. The summed E-state index contributed by atoms with van der Waals surface area (Å²) in [5.74, 6) is -0.383. The lowest BCUT2D eigenvalue weighted by atomic mass is 10.0. The highest BCUT2D eigenvalue weighted by Gasteiger charge is 2.35. The van der Waals surface area contributed by atoms with Crippen LogP contribution in [0.4, 0.5) is 14.6 Å². The van der Waals surface area contributed by atoms with Crippen LogP contribution in [0.25, 0.3) is 22.0 Å². The van der Waals surface area contributed by atoms with Crippen LogP contribution in [0.1, 0.15) is 6.42 Å². The SMILES string of the molecule is C=CC(=O)N1CCN(c2nc(=O)n3c4c(c(-c5ccc(F)cc5F)c(Cl)cc24)SCC3)C(CN2CCC2)C1. The molecule has 1 unspecified atom stereocenters. The number of aromatic nitrogens is 2. The van der Waals surface area contributed by atoms with Gasteiger partial charge >= 0.3 is 5.69 Å². The van der Waals surface area contributed by atoms with Crippen molar-refractivity contribution in [1.82, 2.24) is 19.4 Å². The fourth-order valence-corrected chi connectivity index (χ4v) is 7.15. The van der Waals surface area contributed by atoms with E-state index in [1.165, 1.54) is 30.0 Å². The molecule has 0 aliphatic carbocycles. The Kier molecular flexibility index (Phi) is 6.65. The number of piperazine rings is 1. The molecule has 2 aromatic carbocycles. The summed E-state index contributed by atoms with van der Waals surface area (Å²) < 4.78 is 30.2. The molecule has 7 nitrogen and oxygen atoms in total. The van der Waals surface area contributed by atoms with Gasteiger partial charge in [0.15, 0.2) is 0 Å². The highest BCUT2D eigenvalue weighted by atomic mass is 35.5. The van der Waals surface area contributed by atoms with Crippen LogP contribution in [-0.4, -0.2) is 76.3 Å². The van der Waals surface area contributed by atoms with Gasteiger partial charge in [-0.2, -0.15) is 4.98 Å². The van der Waals surface area contributed by atoms with Crippen molar-refractivity contribution in [2.45, 2.75) is 23.9 Å². The smallest absolute Gasteiger partial charge is 0.348 e. The van der Waals surface area contributed by atoms with Gasteiger partial charge < -0.3 is 14.7 Å². The number of carbonyl (C=O) groups excluding carboxylic acids is 1. The summed E-state index contributed by atoms with van der Waals surface area (Å²) in [5.41, 5.74) is 0.915. The minimum atomic E-state index is -0.713. The predicted octanol–water partition coefficient (Wildman–Crippen LogP) is 4.01. The number of anilines is 1. The van der Waals surface area contributed by atoms with Crippen LogP contribution < -0.4 is 10.6 Å². The van der Waals surface area contributed by atoms with Gasteiger partial charge in [-0.15, -0.1) is 11.8 Å². The fraction of sp³-hybridized carbons (Fsp3) is 0.370. The van der Waals surface area contributed by atoms with E-state index in [2.05, 4.69) is 21.4 Å². The first-order valence-corrected chi connectivity index (χ1v) is 14.0. The van der Waals surface area contributed by atoms with E-state index in [1.807, 2.05) is 0 Å². The number of carbonyl (C=O) groups is 1. The third kappa shape index (κ3) is 4.28. The standard InChI is InChI=1S/C27H26ClF2N5O2S/c1-2-22(36)33-8-9-34(17(15-33)14-32-6-3-7-32)26-19-13-20(28)23(18-5-4-16(29)12-21(18)30)25-24(19)35(10-11-38-25)27(37)31-26/h2,4-5,12-13,17H,1,3,6-11,14-15H2. The predicted molar refractivity (Wildman–Crippen MR) is 146 cm³/mol. The van der Waals surface area contributed by atoms with Gasteiger partial charge in [0, 0.05) is 66.0 Å². The summed E-state index contributed by atoms with van der Waals surface area (Å²) in [6, 6.07) is 5.09. The van der Waals surface area contributed by atoms with Crippen LogP contribution >= 0.6 is 23.4 Å². The molecule has 1 amide bonds. The average molecular weight is 558 g/mol.